The fourth-order valence-electron chi connectivity index (χ4n) is 1.82. The zero-order valence-corrected chi connectivity index (χ0v) is 9.96. The molecule has 0 aliphatic carbocycles. The molecular formula is C12H14N2OS. The molecule has 1 heterocycles. The van der Waals surface area contributed by atoms with Crippen molar-refractivity contribution in [3.05, 3.63) is 36.0 Å². The Balaban J connectivity index is 2.48. The first kappa shape index (κ1) is 11.1. The lowest BCUT2D eigenvalue weighted by Crippen LogP contribution is -2.09. The van der Waals surface area contributed by atoms with E-state index in [0.717, 1.165) is 23.0 Å². The van der Waals surface area contributed by atoms with Crippen LogP contribution in [-0.4, -0.2) is 23.3 Å². The lowest BCUT2D eigenvalue weighted by atomic mass is 10.1. The molecule has 2 aromatic rings. The lowest BCUT2D eigenvalue weighted by molar-refractivity contribution is 0.188. The summed E-state index contributed by atoms with van der Waals surface area (Å²) < 4.78 is 7.21. The van der Waals surface area contributed by atoms with Gasteiger partial charge >= 0.3 is 0 Å². The molecule has 0 fully saturated rings. The Morgan fingerprint density at radius 2 is 2.25 bits per heavy atom. The zero-order valence-electron chi connectivity index (χ0n) is 9.14. The number of hydrogen-bond acceptors (Lipinski definition) is 2. The third-order valence-corrected chi connectivity index (χ3v) is 2.84. The molecule has 0 aliphatic heterocycles. The highest BCUT2D eigenvalue weighted by atomic mass is 32.1. The molecule has 3 nitrogen and oxygen atoms in total. The summed E-state index contributed by atoms with van der Waals surface area (Å²) in [5.74, 6) is 0. The largest absolute Gasteiger partial charge is 0.389 e. The van der Waals surface area contributed by atoms with Gasteiger partial charge in [0.2, 0.25) is 0 Å². The van der Waals surface area contributed by atoms with Gasteiger partial charge in [-0.15, -0.1) is 0 Å². The third kappa shape index (κ3) is 1.94. The number of nitrogens with two attached hydrogens (primary N) is 1. The fraction of sp³-hybridized carbons (Fsp3) is 0.250. The second-order valence-electron chi connectivity index (χ2n) is 3.60. The van der Waals surface area contributed by atoms with E-state index in [2.05, 4.69) is 10.6 Å². The van der Waals surface area contributed by atoms with Gasteiger partial charge in [0.1, 0.15) is 4.99 Å². The van der Waals surface area contributed by atoms with E-state index in [1.54, 1.807) is 7.11 Å². The fourth-order valence-corrected chi connectivity index (χ4v) is 2.00. The molecule has 0 bridgehead atoms. The quantitative estimate of drug-likeness (QED) is 0.822. The van der Waals surface area contributed by atoms with Gasteiger partial charge in [-0.3, -0.25) is 0 Å². The van der Waals surface area contributed by atoms with Crippen LogP contribution in [0.5, 0.6) is 0 Å². The molecule has 0 radical (unpaired) electrons. The van der Waals surface area contributed by atoms with Gasteiger partial charge in [0.15, 0.2) is 0 Å². The Kier molecular flexibility index (Phi) is 3.22. The summed E-state index contributed by atoms with van der Waals surface area (Å²) in [6, 6.07) is 8.03. The predicted octanol–water partition coefficient (Wildman–Crippen LogP) is 1.92. The monoisotopic (exact) mass is 234 g/mol. The second-order valence-corrected chi connectivity index (χ2v) is 4.04. The molecule has 0 unspecified atom stereocenters. The van der Waals surface area contributed by atoms with Crippen molar-refractivity contribution in [2.45, 2.75) is 6.54 Å². The van der Waals surface area contributed by atoms with E-state index in [0.29, 0.717) is 11.6 Å². The molecular weight excluding hydrogens is 220 g/mol. The van der Waals surface area contributed by atoms with Crippen LogP contribution in [0.15, 0.2) is 30.5 Å². The first-order valence-corrected chi connectivity index (χ1v) is 5.51. The van der Waals surface area contributed by atoms with E-state index in [1.165, 1.54) is 0 Å². The molecule has 2 N–H and O–H groups in total. The molecule has 0 atom stereocenters. The van der Waals surface area contributed by atoms with E-state index in [1.807, 2.05) is 24.4 Å². The summed E-state index contributed by atoms with van der Waals surface area (Å²) in [5.41, 5.74) is 7.76. The van der Waals surface area contributed by atoms with E-state index < -0.39 is 0 Å². The van der Waals surface area contributed by atoms with Crippen LogP contribution < -0.4 is 5.73 Å². The summed E-state index contributed by atoms with van der Waals surface area (Å²) >= 11 is 5.03. The predicted molar refractivity (Wildman–Crippen MR) is 69.7 cm³/mol. The van der Waals surface area contributed by atoms with Crippen molar-refractivity contribution >= 4 is 28.1 Å². The topological polar surface area (TPSA) is 40.2 Å². The molecule has 4 heteroatoms. The SMILES string of the molecule is COCCn1ccc2c(C(N)=S)cccc21. The summed E-state index contributed by atoms with van der Waals surface area (Å²) in [6.45, 7) is 1.53. The molecule has 84 valence electrons. The maximum absolute atomic E-state index is 5.69. The molecule has 0 spiro atoms. The highest BCUT2D eigenvalue weighted by Gasteiger charge is 2.06. The van der Waals surface area contributed by atoms with Crippen LogP contribution in [0.3, 0.4) is 0 Å². The minimum Gasteiger partial charge on any atom is -0.389 e. The van der Waals surface area contributed by atoms with Gasteiger partial charge in [0, 0.05) is 36.3 Å². The van der Waals surface area contributed by atoms with Gasteiger partial charge in [-0.25, -0.2) is 0 Å². The van der Waals surface area contributed by atoms with Gasteiger partial charge in [-0.2, -0.15) is 0 Å². The zero-order chi connectivity index (χ0) is 11.5. The summed E-state index contributed by atoms with van der Waals surface area (Å²) in [5, 5.41) is 1.10. The Labute approximate surface area is 99.8 Å². The molecule has 0 saturated carbocycles. The lowest BCUT2D eigenvalue weighted by Gasteiger charge is -2.05. The van der Waals surface area contributed by atoms with Crippen molar-refractivity contribution in [3.63, 3.8) is 0 Å². The molecule has 0 aliphatic rings. The first-order valence-electron chi connectivity index (χ1n) is 5.10. The average Bonchev–Trinajstić information content (AvgIpc) is 2.69. The van der Waals surface area contributed by atoms with Gasteiger partial charge in [-0.05, 0) is 12.1 Å². The highest BCUT2D eigenvalue weighted by molar-refractivity contribution is 7.80. The Hall–Kier alpha value is -1.39. The molecule has 0 amide bonds. The summed E-state index contributed by atoms with van der Waals surface area (Å²) in [7, 11) is 1.70. The maximum atomic E-state index is 5.69. The van der Waals surface area contributed by atoms with Crippen molar-refractivity contribution in [1.82, 2.24) is 4.57 Å². The van der Waals surface area contributed by atoms with E-state index in [-0.39, 0.29) is 0 Å². The highest BCUT2D eigenvalue weighted by Crippen LogP contribution is 2.20. The molecule has 2 rings (SSSR count). The maximum Gasteiger partial charge on any atom is 0.104 e. The minimum atomic E-state index is 0.440. The number of fused-ring (bicyclic) bond motifs is 1. The Bertz CT molecular complexity index is 519. The van der Waals surface area contributed by atoms with E-state index in [9.17, 15) is 0 Å². The number of nitrogens with zero attached hydrogens (tertiary/aromatic N) is 1. The minimum absolute atomic E-state index is 0.440. The number of ether oxygens (including phenoxy) is 1. The van der Waals surface area contributed by atoms with E-state index >= 15 is 0 Å². The van der Waals surface area contributed by atoms with Crippen LogP contribution in [-0.2, 0) is 11.3 Å². The first-order chi connectivity index (χ1) is 7.74. The van der Waals surface area contributed by atoms with Crippen molar-refractivity contribution in [3.8, 4) is 0 Å². The van der Waals surface area contributed by atoms with Crippen LogP contribution in [0, 0.1) is 0 Å². The van der Waals surface area contributed by atoms with Gasteiger partial charge in [0.25, 0.3) is 0 Å². The average molecular weight is 234 g/mol. The normalized spacial score (nSPS) is 10.8. The second kappa shape index (κ2) is 4.63. The van der Waals surface area contributed by atoms with Crippen LogP contribution >= 0.6 is 12.2 Å². The standard InChI is InChI=1S/C12H14N2OS/c1-15-8-7-14-6-5-9-10(12(13)16)3-2-4-11(9)14/h2-6H,7-8H2,1H3,(H2,13,16). The number of methoxy groups -OCH3 is 1. The van der Waals surface area contributed by atoms with Crippen molar-refractivity contribution in [2.24, 2.45) is 5.73 Å². The van der Waals surface area contributed by atoms with Gasteiger partial charge in [-0.1, -0.05) is 24.4 Å². The van der Waals surface area contributed by atoms with E-state index in [4.69, 9.17) is 22.7 Å². The Morgan fingerprint density at radius 3 is 2.94 bits per heavy atom. The number of rotatable bonds is 4. The van der Waals surface area contributed by atoms with Crippen LogP contribution in [0.1, 0.15) is 5.56 Å². The van der Waals surface area contributed by atoms with Gasteiger partial charge in [0.05, 0.1) is 6.61 Å². The van der Waals surface area contributed by atoms with Gasteiger partial charge < -0.3 is 15.0 Å². The number of thiocarbonyl (C=S) groups is 1. The van der Waals surface area contributed by atoms with Crippen molar-refractivity contribution in [2.75, 3.05) is 13.7 Å². The molecule has 0 saturated heterocycles. The van der Waals surface area contributed by atoms with Crippen molar-refractivity contribution in [1.29, 1.82) is 0 Å². The molecule has 1 aromatic heterocycles. The summed E-state index contributed by atoms with van der Waals surface area (Å²) in [6.07, 6.45) is 2.03. The van der Waals surface area contributed by atoms with Crippen molar-refractivity contribution < 1.29 is 4.74 Å². The van der Waals surface area contributed by atoms with Crippen LogP contribution in [0.4, 0.5) is 0 Å². The number of aromatic nitrogens is 1. The number of hydrogen-bond donors (Lipinski definition) is 1. The molecule has 16 heavy (non-hydrogen) atoms. The van der Waals surface area contributed by atoms with Crippen LogP contribution in [0.25, 0.3) is 10.9 Å². The molecule has 1 aromatic carbocycles. The van der Waals surface area contributed by atoms with Crippen LogP contribution in [0.2, 0.25) is 0 Å². The summed E-state index contributed by atoms with van der Waals surface area (Å²) in [4.78, 5) is 0.440. The third-order valence-electron chi connectivity index (χ3n) is 2.62. The smallest absolute Gasteiger partial charge is 0.104 e. The number of benzene rings is 1. The Morgan fingerprint density at radius 1 is 1.44 bits per heavy atom.